The number of methoxy groups -OCH3 is 1. The Morgan fingerprint density at radius 1 is 0.957 bits per heavy atom. The van der Waals surface area contributed by atoms with E-state index in [1.165, 1.54) is 11.3 Å². The summed E-state index contributed by atoms with van der Waals surface area (Å²) in [7, 11) is 1.68. The average molecular weight is 304 g/mol. The molecule has 3 rings (SSSR count). The van der Waals surface area contributed by atoms with E-state index in [0.29, 0.717) is 0 Å². The Kier molecular flexibility index (Phi) is 4.29. The predicted molar refractivity (Wildman–Crippen MR) is 95.5 cm³/mol. The van der Waals surface area contributed by atoms with Crippen LogP contribution < -0.4 is 4.74 Å². The van der Waals surface area contributed by atoms with Gasteiger partial charge in [-0.05, 0) is 67.9 Å². The van der Waals surface area contributed by atoms with Crippen molar-refractivity contribution in [3.05, 3.63) is 77.6 Å². The molecule has 1 aromatic heterocycles. The highest BCUT2D eigenvalue weighted by Crippen LogP contribution is 2.20. The summed E-state index contributed by atoms with van der Waals surface area (Å²) in [5.74, 6) is 0.855. The molecule has 1 heterocycles. The molecule has 0 atom stereocenters. The van der Waals surface area contributed by atoms with Crippen molar-refractivity contribution in [2.45, 2.75) is 13.8 Å². The van der Waals surface area contributed by atoms with E-state index in [2.05, 4.69) is 59.8 Å². The first-order valence-electron chi connectivity index (χ1n) is 7.61. The van der Waals surface area contributed by atoms with Crippen LogP contribution >= 0.6 is 0 Å². The van der Waals surface area contributed by atoms with Crippen LogP contribution in [0.1, 0.15) is 17.0 Å². The predicted octanol–water partition coefficient (Wildman–Crippen LogP) is 4.85. The van der Waals surface area contributed by atoms with E-state index in [1.807, 2.05) is 30.5 Å². The highest BCUT2D eigenvalue weighted by atomic mass is 16.5. The lowest BCUT2D eigenvalue weighted by molar-refractivity contribution is 0.414. The molecule has 0 unspecified atom stereocenters. The van der Waals surface area contributed by atoms with Crippen LogP contribution in [-0.4, -0.2) is 17.9 Å². The maximum absolute atomic E-state index is 5.23. The molecule has 3 heteroatoms. The van der Waals surface area contributed by atoms with E-state index in [-0.39, 0.29) is 0 Å². The Morgan fingerprint density at radius 2 is 1.74 bits per heavy atom. The maximum atomic E-state index is 5.23. The lowest BCUT2D eigenvalue weighted by Crippen LogP contribution is -2.01. The summed E-state index contributed by atoms with van der Waals surface area (Å²) in [5.41, 5.74) is 5.49. The van der Waals surface area contributed by atoms with Crippen molar-refractivity contribution in [2.75, 3.05) is 7.11 Å². The molecule has 0 aliphatic heterocycles. The van der Waals surface area contributed by atoms with E-state index < -0.39 is 0 Å². The number of hydrogen-bond acceptors (Lipinski definition) is 2. The van der Waals surface area contributed by atoms with Gasteiger partial charge in [0.15, 0.2) is 0 Å². The molecule has 0 spiro atoms. The molecule has 0 bridgehead atoms. The maximum Gasteiger partial charge on any atom is 0.119 e. The zero-order valence-electron chi connectivity index (χ0n) is 13.7. The van der Waals surface area contributed by atoms with Gasteiger partial charge >= 0.3 is 0 Å². The molecule has 0 fully saturated rings. The first-order valence-corrected chi connectivity index (χ1v) is 7.61. The smallest absolute Gasteiger partial charge is 0.119 e. The second kappa shape index (κ2) is 6.53. The van der Waals surface area contributed by atoms with Gasteiger partial charge in [-0.2, -0.15) is 0 Å². The molecule has 3 aromatic rings. The lowest BCUT2D eigenvalue weighted by Gasteiger charge is -2.10. The molecule has 0 radical (unpaired) electrons. The molecule has 116 valence electrons. The Bertz CT molecular complexity index is 829. The highest BCUT2D eigenvalue weighted by Gasteiger charge is 2.06. The van der Waals surface area contributed by atoms with Crippen molar-refractivity contribution in [3.8, 4) is 11.4 Å². The van der Waals surface area contributed by atoms with Gasteiger partial charge in [-0.1, -0.05) is 12.1 Å². The van der Waals surface area contributed by atoms with Gasteiger partial charge in [0.1, 0.15) is 5.75 Å². The summed E-state index contributed by atoms with van der Waals surface area (Å²) in [4.78, 5) is 4.60. The SMILES string of the molecule is COc1ccc(-n2c(C)ccc2C=Nc2cccc(C)c2)cc1. The summed E-state index contributed by atoms with van der Waals surface area (Å²) in [5, 5.41) is 0. The molecule has 0 saturated heterocycles. The zero-order chi connectivity index (χ0) is 16.2. The van der Waals surface area contributed by atoms with Crippen LogP contribution in [0, 0.1) is 13.8 Å². The molecule has 2 aromatic carbocycles. The minimum atomic E-state index is 0.855. The van der Waals surface area contributed by atoms with Crippen molar-refractivity contribution < 1.29 is 4.74 Å². The average Bonchev–Trinajstić information content (AvgIpc) is 2.94. The number of hydrogen-bond donors (Lipinski definition) is 0. The van der Waals surface area contributed by atoms with Gasteiger partial charge < -0.3 is 9.30 Å². The Morgan fingerprint density at radius 3 is 2.43 bits per heavy atom. The number of aromatic nitrogens is 1. The van der Waals surface area contributed by atoms with Gasteiger partial charge in [0.25, 0.3) is 0 Å². The highest BCUT2D eigenvalue weighted by molar-refractivity contribution is 5.81. The Hall–Kier alpha value is -2.81. The second-order valence-corrected chi connectivity index (χ2v) is 5.53. The van der Waals surface area contributed by atoms with E-state index in [9.17, 15) is 0 Å². The standard InChI is InChI=1S/C20H20N2O/c1-15-5-4-6-17(13-15)21-14-19-8-7-16(2)22(19)18-9-11-20(23-3)12-10-18/h4-14H,1-3H3. The Balaban J connectivity index is 1.95. The van der Waals surface area contributed by atoms with E-state index >= 15 is 0 Å². The van der Waals surface area contributed by atoms with Gasteiger partial charge in [-0.15, -0.1) is 0 Å². The summed E-state index contributed by atoms with van der Waals surface area (Å²) in [6.45, 7) is 4.16. The Labute approximate surface area is 136 Å². The molecular weight excluding hydrogens is 284 g/mol. The van der Waals surface area contributed by atoms with Crippen LogP contribution in [0.25, 0.3) is 5.69 Å². The normalized spacial score (nSPS) is 11.1. The fourth-order valence-corrected chi connectivity index (χ4v) is 2.59. The minimum absolute atomic E-state index is 0.855. The second-order valence-electron chi connectivity index (χ2n) is 5.53. The quantitative estimate of drug-likeness (QED) is 0.633. The van der Waals surface area contributed by atoms with Crippen LogP contribution in [0.3, 0.4) is 0 Å². The molecule has 0 N–H and O–H groups in total. The number of benzene rings is 2. The molecule has 0 amide bonds. The third-order valence-electron chi connectivity index (χ3n) is 3.78. The van der Waals surface area contributed by atoms with Crippen molar-refractivity contribution in [1.29, 1.82) is 0 Å². The number of nitrogens with zero attached hydrogens (tertiary/aromatic N) is 2. The first-order chi connectivity index (χ1) is 11.2. The van der Waals surface area contributed by atoms with Gasteiger partial charge in [-0.3, -0.25) is 4.99 Å². The summed E-state index contributed by atoms with van der Waals surface area (Å²) >= 11 is 0. The van der Waals surface area contributed by atoms with Crippen molar-refractivity contribution in [1.82, 2.24) is 4.57 Å². The number of aryl methyl sites for hydroxylation is 2. The topological polar surface area (TPSA) is 26.5 Å². The summed E-state index contributed by atoms with van der Waals surface area (Å²) in [6, 6.07) is 20.4. The lowest BCUT2D eigenvalue weighted by atomic mass is 10.2. The minimum Gasteiger partial charge on any atom is -0.497 e. The molecule has 23 heavy (non-hydrogen) atoms. The van der Waals surface area contributed by atoms with Crippen molar-refractivity contribution in [2.24, 2.45) is 4.99 Å². The zero-order valence-corrected chi connectivity index (χ0v) is 13.7. The summed E-state index contributed by atoms with van der Waals surface area (Å²) < 4.78 is 7.41. The van der Waals surface area contributed by atoms with Gasteiger partial charge in [-0.25, -0.2) is 0 Å². The van der Waals surface area contributed by atoms with E-state index in [1.54, 1.807) is 7.11 Å². The van der Waals surface area contributed by atoms with Crippen LogP contribution in [0.4, 0.5) is 5.69 Å². The van der Waals surface area contributed by atoms with Gasteiger partial charge in [0.2, 0.25) is 0 Å². The fraction of sp³-hybridized carbons (Fsp3) is 0.150. The van der Waals surface area contributed by atoms with Crippen molar-refractivity contribution >= 4 is 11.9 Å². The summed E-state index contributed by atoms with van der Waals surface area (Å²) in [6.07, 6.45) is 1.91. The number of ether oxygens (including phenoxy) is 1. The number of rotatable bonds is 4. The number of aliphatic imine (C=N–C) groups is 1. The molecule has 0 aliphatic carbocycles. The fourth-order valence-electron chi connectivity index (χ4n) is 2.59. The third-order valence-corrected chi connectivity index (χ3v) is 3.78. The van der Waals surface area contributed by atoms with Crippen LogP contribution in [0.15, 0.2) is 65.7 Å². The first kappa shape index (κ1) is 15.1. The van der Waals surface area contributed by atoms with Gasteiger partial charge in [0.05, 0.1) is 24.7 Å². The van der Waals surface area contributed by atoms with Gasteiger partial charge in [0, 0.05) is 11.4 Å². The van der Waals surface area contributed by atoms with Crippen LogP contribution in [0.5, 0.6) is 5.75 Å². The van der Waals surface area contributed by atoms with Crippen LogP contribution in [-0.2, 0) is 0 Å². The molecule has 0 saturated carbocycles. The van der Waals surface area contributed by atoms with Crippen molar-refractivity contribution in [3.63, 3.8) is 0 Å². The monoisotopic (exact) mass is 304 g/mol. The molecule has 0 aliphatic rings. The molecular formula is C20H20N2O. The van der Waals surface area contributed by atoms with E-state index in [4.69, 9.17) is 4.74 Å². The molecule has 3 nitrogen and oxygen atoms in total. The largest absolute Gasteiger partial charge is 0.497 e. The third kappa shape index (κ3) is 3.34. The van der Waals surface area contributed by atoms with E-state index in [0.717, 1.165) is 22.8 Å². The van der Waals surface area contributed by atoms with Crippen LogP contribution in [0.2, 0.25) is 0 Å².